The Labute approximate surface area is 124 Å². The van der Waals surface area contributed by atoms with Crippen LogP contribution in [0.5, 0.6) is 0 Å². The molecule has 0 aliphatic carbocycles. The number of carbonyl (C=O) groups excluding carboxylic acids is 2. The van der Waals surface area contributed by atoms with Crippen LogP contribution in [0.25, 0.3) is 0 Å². The lowest BCUT2D eigenvalue weighted by Gasteiger charge is -2.11. The number of aliphatic hydroxyl groups is 1. The van der Waals surface area contributed by atoms with E-state index in [1.165, 1.54) is 12.1 Å². The van der Waals surface area contributed by atoms with Crippen molar-refractivity contribution in [1.29, 1.82) is 0 Å². The maximum absolute atomic E-state index is 13.1. The van der Waals surface area contributed by atoms with Crippen LogP contribution >= 0.6 is 15.9 Å². The number of hydrogen-bond donors (Lipinski definition) is 3. The molecule has 1 rings (SSSR count). The standard InChI is InChI=1S/C13H16BrFN2O3/c1-8(7-18)17-12(19)4-5-16-13(20)10-6-9(15)2-3-11(10)14/h2-3,6,8,18H,4-5,7H2,1H3,(H,16,20)(H,17,19). The zero-order valence-electron chi connectivity index (χ0n) is 11.0. The number of rotatable bonds is 6. The Balaban J connectivity index is 2.44. The molecule has 1 unspecified atom stereocenters. The minimum absolute atomic E-state index is 0.0863. The van der Waals surface area contributed by atoms with Gasteiger partial charge in [-0.1, -0.05) is 0 Å². The molecule has 1 aromatic carbocycles. The van der Waals surface area contributed by atoms with Crippen molar-refractivity contribution in [2.45, 2.75) is 19.4 Å². The molecule has 0 heterocycles. The fourth-order valence-electron chi connectivity index (χ4n) is 1.45. The molecule has 0 radical (unpaired) electrons. The van der Waals surface area contributed by atoms with Crippen LogP contribution in [0.2, 0.25) is 0 Å². The predicted molar refractivity (Wildman–Crippen MR) is 75.7 cm³/mol. The smallest absolute Gasteiger partial charge is 0.252 e. The Morgan fingerprint density at radius 3 is 2.80 bits per heavy atom. The Hall–Kier alpha value is -1.47. The SMILES string of the molecule is CC(CO)NC(=O)CCNC(=O)c1cc(F)ccc1Br. The van der Waals surface area contributed by atoms with Gasteiger partial charge in [0.1, 0.15) is 5.82 Å². The van der Waals surface area contributed by atoms with E-state index in [4.69, 9.17) is 5.11 Å². The van der Waals surface area contributed by atoms with Gasteiger partial charge in [0.2, 0.25) is 5.91 Å². The molecular weight excluding hydrogens is 331 g/mol. The summed E-state index contributed by atoms with van der Waals surface area (Å²) in [5, 5.41) is 13.9. The molecule has 0 aromatic heterocycles. The summed E-state index contributed by atoms with van der Waals surface area (Å²) >= 11 is 3.16. The lowest BCUT2D eigenvalue weighted by Crippen LogP contribution is -2.37. The van der Waals surface area contributed by atoms with Gasteiger partial charge in [0, 0.05) is 23.5 Å². The van der Waals surface area contributed by atoms with Gasteiger partial charge in [-0.15, -0.1) is 0 Å². The largest absolute Gasteiger partial charge is 0.394 e. The van der Waals surface area contributed by atoms with Crippen LogP contribution in [0.1, 0.15) is 23.7 Å². The molecule has 0 saturated heterocycles. The van der Waals surface area contributed by atoms with E-state index in [9.17, 15) is 14.0 Å². The Bertz CT molecular complexity index is 497. The topological polar surface area (TPSA) is 78.4 Å². The fourth-order valence-corrected chi connectivity index (χ4v) is 1.88. The molecule has 0 bridgehead atoms. The first-order chi connectivity index (χ1) is 9.43. The van der Waals surface area contributed by atoms with E-state index in [0.717, 1.165) is 6.07 Å². The van der Waals surface area contributed by atoms with Crippen LogP contribution < -0.4 is 10.6 Å². The number of hydrogen-bond acceptors (Lipinski definition) is 3. The molecule has 20 heavy (non-hydrogen) atoms. The average Bonchev–Trinajstić information content (AvgIpc) is 2.41. The van der Waals surface area contributed by atoms with Gasteiger partial charge in [-0.25, -0.2) is 4.39 Å². The van der Waals surface area contributed by atoms with Crippen LogP contribution in [-0.4, -0.2) is 36.1 Å². The highest BCUT2D eigenvalue weighted by Crippen LogP contribution is 2.17. The highest BCUT2D eigenvalue weighted by Gasteiger charge is 2.12. The van der Waals surface area contributed by atoms with Crippen LogP contribution in [0, 0.1) is 5.82 Å². The number of nitrogens with one attached hydrogen (secondary N) is 2. The summed E-state index contributed by atoms with van der Waals surface area (Å²) in [5.74, 6) is -1.24. The second-order valence-corrected chi connectivity index (χ2v) is 5.14. The quantitative estimate of drug-likeness (QED) is 0.724. The summed E-state index contributed by atoms with van der Waals surface area (Å²) in [6.07, 6.45) is 0.0863. The summed E-state index contributed by atoms with van der Waals surface area (Å²) in [5.41, 5.74) is 0.175. The first-order valence-electron chi connectivity index (χ1n) is 6.07. The van der Waals surface area contributed by atoms with Crippen molar-refractivity contribution < 1.29 is 19.1 Å². The van der Waals surface area contributed by atoms with Crippen molar-refractivity contribution in [3.05, 3.63) is 34.1 Å². The maximum atomic E-state index is 13.1. The zero-order chi connectivity index (χ0) is 15.1. The van der Waals surface area contributed by atoms with Crippen molar-refractivity contribution in [2.75, 3.05) is 13.2 Å². The van der Waals surface area contributed by atoms with Crippen LogP contribution in [-0.2, 0) is 4.79 Å². The third kappa shape index (κ3) is 5.26. The van der Waals surface area contributed by atoms with Crippen LogP contribution in [0.15, 0.2) is 22.7 Å². The number of amides is 2. The van der Waals surface area contributed by atoms with E-state index >= 15 is 0 Å². The van der Waals surface area contributed by atoms with Gasteiger partial charge in [-0.05, 0) is 41.1 Å². The third-order valence-electron chi connectivity index (χ3n) is 2.49. The molecule has 0 aliphatic heterocycles. The minimum atomic E-state index is -0.507. The second kappa shape index (κ2) is 7.96. The van der Waals surface area contributed by atoms with Gasteiger partial charge in [0.05, 0.1) is 12.2 Å². The molecule has 7 heteroatoms. The van der Waals surface area contributed by atoms with Crippen LogP contribution in [0.3, 0.4) is 0 Å². The van der Waals surface area contributed by atoms with Crippen molar-refractivity contribution in [3.8, 4) is 0 Å². The van der Waals surface area contributed by atoms with E-state index < -0.39 is 11.7 Å². The van der Waals surface area contributed by atoms with Crippen LogP contribution in [0.4, 0.5) is 4.39 Å². The Morgan fingerprint density at radius 2 is 2.15 bits per heavy atom. The molecule has 3 N–H and O–H groups in total. The Morgan fingerprint density at radius 1 is 1.45 bits per heavy atom. The summed E-state index contributed by atoms with van der Waals surface area (Å²) in [4.78, 5) is 23.2. The lowest BCUT2D eigenvalue weighted by atomic mass is 10.2. The van der Waals surface area contributed by atoms with Crippen molar-refractivity contribution in [1.82, 2.24) is 10.6 Å². The zero-order valence-corrected chi connectivity index (χ0v) is 12.5. The van der Waals surface area contributed by atoms with E-state index in [-0.39, 0.29) is 37.1 Å². The molecule has 2 amide bonds. The molecule has 110 valence electrons. The number of benzene rings is 1. The molecule has 5 nitrogen and oxygen atoms in total. The monoisotopic (exact) mass is 346 g/mol. The first kappa shape index (κ1) is 16.6. The predicted octanol–water partition coefficient (Wildman–Crippen LogP) is 1.21. The van der Waals surface area contributed by atoms with Crippen molar-refractivity contribution in [2.24, 2.45) is 0 Å². The molecule has 1 aromatic rings. The van der Waals surface area contributed by atoms with Gasteiger partial charge in [-0.3, -0.25) is 9.59 Å². The minimum Gasteiger partial charge on any atom is -0.394 e. The van der Waals surface area contributed by atoms with Gasteiger partial charge < -0.3 is 15.7 Å². The highest BCUT2D eigenvalue weighted by molar-refractivity contribution is 9.10. The maximum Gasteiger partial charge on any atom is 0.252 e. The second-order valence-electron chi connectivity index (χ2n) is 4.28. The van der Waals surface area contributed by atoms with E-state index in [2.05, 4.69) is 26.6 Å². The third-order valence-corrected chi connectivity index (χ3v) is 3.18. The Kier molecular flexibility index (Phi) is 6.60. The molecular formula is C13H16BrFN2O3. The van der Waals surface area contributed by atoms with Crippen molar-refractivity contribution in [3.63, 3.8) is 0 Å². The van der Waals surface area contributed by atoms with E-state index in [0.29, 0.717) is 4.47 Å². The number of aliphatic hydroxyl groups excluding tert-OH is 1. The summed E-state index contributed by atoms with van der Waals surface area (Å²) < 4.78 is 13.5. The lowest BCUT2D eigenvalue weighted by molar-refractivity contribution is -0.121. The average molecular weight is 347 g/mol. The molecule has 0 fully saturated rings. The van der Waals surface area contributed by atoms with Gasteiger partial charge in [-0.2, -0.15) is 0 Å². The van der Waals surface area contributed by atoms with E-state index in [1.54, 1.807) is 6.92 Å². The summed E-state index contributed by atoms with van der Waals surface area (Å²) in [6.45, 7) is 1.65. The number of carbonyl (C=O) groups is 2. The fraction of sp³-hybridized carbons (Fsp3) is 0.385. The molecule has 0 spiro atoms. The van der Waals surface area contributed by atoms with E-state index in [1.807, 2.05) is 0 Å². The van der Waals surface area contributed by atoms with Gasteiger partial charge in [0.25, 0.3) is 5.91 Å². The normalized spacial score (nSPS) is 11.8. The molecule has 1 atom stereocenters. The summed E-state index contributed by atoms with van der Waals surface area (Å²) in [7, 11) is 0. The van der Waals surface area contributed by atoms with Gasteiger partial charge >= 0.3 is 0 Å². The molecule has 0 aliphatic rings. The summed E-state index contributed by atoms with van der Waals surface area (Å²) in [6, 6.07) is 3.48. The van der Waals surface area contributed by atoms with Crippen molar-refractivity contribution >= 4 is 27.7 Å². The highest BCUT2D eigenvalue weighted by atomic mass is 79.9. The first-order valence-corrected chi connectivity index (χ1v) is 6.86. The molecule has 0 saturated carbocycles. The number of halogens is 2. The van der Waals surface area contributed by atoms with Gasteiger partial charge in [0.15, 0.2) is 0 Å².